The van der Waals surface area contributed by atoms with E-state index >= 15 is 0 Å². The lowest BCUT2D eigenvalue weighted by molar-refractivity contribution is 0.0530. The SMILES string of the molecule is CCNC(=NCc1ccc(C(=O)N(C)C)cc1)NC(C)c1nc(C)c(C(=O)OCC)s1.I. The maximum atomic E-state index is 12.1. The van der Waals surface area contributed by atoms with Crippen LogP contribution in [0.2, 0.25) is 0 Å². The number of hydrogen-bond donors (Lipinski definition) is 2. The maximum absolute atomic E-state index is 12.1. The Morgan fingerprint density at radius 2 is 1.88 bits per heavy atom. The van der Waals surface area contributed by atoms with E-state index in [2.05, 4.69) is 20.6 Å². The van der Waals surface area contributed by atoms with Crippen LogP contribution >= 0.6 is 35.3 Å². The first-order valence-electron chi connectivity index (χ1n) is 10.3. The lowest BCUT2D eigenvalue weighted by Gasteiger charge is -2.16. The molecule has 0 aliphatic heterocycles. The molecule has 0 fully saturated rings. The highest BCUT2D eigenvalue weighted by molar-refractivity contribution is 14.0. The van der Waals surface area contributed by atoms with E-state index in [0.29, 0.717) is 41.8 Å². The number of aliphatic imine (C=N–C) groups is 1. The fraction of sp³-hybridized carbons (Fsp3) is 0.455. The lowest BCUT2D eigenvalue weighted by atomic mass is 10.1. The van der Waals surface area contributed by atoms with Gasteiger partial charge in [0.25, 0.3) is 5.91 Å². The van der Waals surface area contributed by atoms with Crippen molar-refractivity contribution in [1.82, 2.24) is 20.5 Å². The number of halogens is 1. The normalized spacial score (nSPS) is 11.9. The summed E-state index contributed by atoms with van der Waals surface area (Å²) in [6, 6.07) is 7.30. The average Bonchev–Trinajstić information content (AvgIpc) is 3.14. The van der Waals surface area contributed by atoms with Gasteiger partial charge in [0.05, 0.1) is 24.9 Å². The van der Waals surface area contributed by atoms with Crippen LogP contribution in [0.25, 0.3) is 0 Å². The number of aryl methyl sites for hydroxylation is 1. The largest absolute Gasteiger partial charge is 0.462 e. The Balaban J connectivity index is 0.00000512. The molecule has 1 unspecified atom stereocenters. The number of benzene rings is 1. The van der Waals surface area contributed by atoms with E-state index in [9.17, 15) is 9.59 Å². The van der Waals surface area contributed by atoms with Gasteiger partial charge in [0.1, 0.15) is 9.88 Å². The van der Waals surface area contributed by atoms with Gasteiger partial charge < -0.3 is 20.3 Å². The van der Waals surface area contributed by atoms with E-state index in [1.165, 1.54) is 11.3 Å². The minimum absolute atomic E-state index is 0. The van der Waals surface area contributed by atoms with Gasteiger partial charge in [0.15, 0.2) is 5.96 Å². The molecule has 2 N–H and O–H groups in total. The molecule has 2 aromatic rings. The topological polar surface area (TPSA) is 95.9 Å². The van der Waals surface area contributed by atoms with Crippen LogP contribution in [0.5, 0.6) is 0 Å². The van der Waals surface area contributed by atoms with Crippen molar-refractivity contribution in [3.8, 4) is 0 Å². The van der Waals surface area contributed by atoms with Crippen LogP contribution in [0.4, 0.5) is 0 Å². The van der Waals surface area contributed by atoms with Gasteiger partial charge in [-0.2, -0.15) is 0 Å². The van der Waals surface area contributed by atoms with Gasteiger partial charge in [-0.25, -0.2) is 14.8 Å². The van der Waals surface area contributed by atoms with E-state index in [0.717, 1.165) is 10.6 Å². The third-order valence-corrected chi connectivity index (χ3v) is 5.69. The third kappa shape index (κ3) is 7.73. The van der Waals surface area contributed by atoms with Crippen LogP contribution in [0.3, 0.4) is 0 Å². The highest BCUT2D eigenvalue weighted by Crippen LogP contribution is 2.24. The average molecular weight is 574 g/mol. The number of hydrogen-bond acceptors (Lipinski definition) is 6. The molecule has 1 heterocycles. The standard InChI is InChI=1S/C22H31N5O3S.HI/c1-7-23-22(24-13-16-9-11-17(12-10-16)20(28)27(5)6)26-15(4)19-25-14(3)18(31-19)21(29)30-8-2;/h9-12,15H,7-8,13H2,1-6H3,(H2,23,24,26);1H. The first-order chi connectivity index (χ1) is 14.8. The molecular formula is C22H32IN5O3S. The number of aromatic nitrogens is 1. The van der Waals surface area contributed by atoms with Crippen molar-refractivity contribution >= 4 is 53.1 Å². The predicted octanol–water partition coefficient (Wildman–Crippen LogP) is 3.76. The monoisotopic (exact) mass is 573 g/mol. The van der Waals surface area contributed by atoms with Crippen molar-refractivity contribution in [2.45, 2.75) is 40.3 Å². The Morgan fingerprint density at radius 3 is 2.44 bits per heavy atom. The van der Waals surface area contributed by atoms with Gasteiger partial charge >= 0.3 is 5.97 Å². The second-order valence-electron chi connectivity index (χ2n) is 7.14. The molecule has 0 saturated heterocycles. The summed E-state index contributed by atoms with van der Waals surface area (Å²) in [7, 11) is 3.46. The molecule has 176 valence electrons. The number of ether oxygens (including phenoxy) is 1. The van der Waals surface area contributed by atoms with E-state index in [1.54, 1.807) is 25.9 Å². The molecule has 0 aliphatic carbocycles. The number of rotatable bonds is 8. The van der Waals surface area contributed by atoms with Crippen molar-refractivity contribution in [1.29, 1.82) is 0 Å². The molecule has 10 heteroatoms. The van der Waals surface area contributed by atoms with Crippen LogP contribution < -0.4 is 10.6 Å². The molecule has 1 aromatic heterocycles. The second kappa shape index (κ2) is 13.4. The third-order valence-electron chi connectivity index (χ3n) is 4.37. The molecule has 2 rings (SSSR count). The number of thiazole rings is 1. The van der Waals surface area contributed by atoms with Gasteiger partial charge in [-0.15, -0.1) is 35.3 Å². The Bertz CT molecular complexity index is 928. The second-order valence-corrected chi connectivity index (χ2v) is 8.18. The maximum Gasteiger partial charge on any atom is 0.350 e. The quantitative estimate of drug-likeness (QED) is 0.216. The Kier molecular flexibility index (Phi) is 11.6. The molecule has 0 spiro atoms. The number of nitrogens with one attached hydrogen (secondary N) is 2. The molecule has 1 atom stereocenters. The number of guanidine groups is 1. The molecule has 0 bridgehead atoms. The number of nitrogens with zero attached hydrogens (tertiary/aromatic N) is 3. The van der Waals surface area contributed by atoms with Crippen molar-refractivity contribution in [2.75, 3.05) is 27.2 Å². The summed E-state index contributed by atoms with van der Waals surface area (Å²) in [4.78, 5) is 35.3. The van der Waals surface area contributed by atoms with Crippen molar-refractivity contribution in [3.63, 3.8) is 0 Å². The van der Waals surface area contributed by atoms with Crippen LogP contribution in [0, 0.1) is 6.92 Å². The Hall–Kier alpha value is -2.21. The highest BCUT2D eigenvalue weighted by Gasteiger charge is 2.20. The minimum Gasteiger partial charge on any atom is -0.462 e. The summed E-state index contributed by atoms with van der Waals surface area (Å²) in [5.74, 6) is 0.279. The summed E-state index contributed by atoms with van der Waals surface area (Å²) in [5.41, 5.74) is 2.31. The first-order valence-corrected chi connectivity index (χ1v) is 11.1. The Labute approximate surface area is 210 Å². The number of esters is 1. The summed E-state index contributed by atoms with van der Waals surface area (Å²) in [6.45, 7) is 9.07. The summed E-state index contributed by atoms with van der Waals surface area (Å²) < 4.78 is 5.10. The molecule has 1 amide bonds. The van der Waals surface area contributed by atoms with Crippen LogP contribution in [0.1, 0.15) is 63.1 Å². The Morgan fingerprint density at radius 1 is 1.22 bits per heavy atom. The first kappa shape index (κ1) is 27.8. The zero-order valence-corrected chi connectivity index (χ0v) is 22.5. The molecule has 8 nitrogen and oxygen atoms in total. The molecule has 32 heavy (non-hydrogen) atoms. The smallest absolute Gasteiger partial charge is 0.350 e. The minimum atomic E-state index is -0.340. The van der Waals surface area contributed by atoms with Crippen molar-refractivity contribution in [2.24, 2.45) is 4.99 Å². The summed E-state index contributed by atoms with van der Waals surface area (Å²) >= 11 is 1.33. The van der Waals surface area contributed by atoms with Crippen LogP contribution in [-0.2, 0) is 11.3 Å². The van der Waals surface area contributed by atoms with Gasteiger partial charge in [-0.05, 0) is 45.4 Å². The van der Waals surface area contributed by atoms with Gasteiger partial charge in [-0.3, -0.25) is 4.79 Å². The van der Waals surface area contributed by atoms with Crippen LogP contribution in [0.15, 0.2) is 29.3 Å². The van der Waals surface area contributed by atoms with E-state index in [4.69, 9.17) is 4.74 Å². The van der Waals surface area contributed by atoms with Gasteiger partial charge in [-0.1, -0.05) is 12.1 Å². The van der Waals surface area contributed by atoms with Crippen molar-refractivity contribution < 1.29 is 14.3 Å². The fourth-order valence-corrected chi connectivity index (χ4v) is 3.72. The fourth-order valence-electron chi connectivity index (χ4n) is 2.76. The number of amides is 1. The predicted molar refractivity (Wildman–Crippen MR) is 139 cm³/mol. The zero-order valence-electron chi connectivity index (χ0n) is 19.4. The molecule has 1 aromatic carbocycles. The summed E-state index contributed by atoms with van der Waals surface area (Å²) in [5, 5.41) is 7.35. The van der Waals surface area contributed by atoms with E-state index in [-0.39, 0.29) is 41.9 Å². The highest BCUT2D eigenvalue weighted by atomic mass is 127. The number of carbonyl (C=O) groups is 2. The van der Waals surface area contributed by atoms with Crippen molar-refractivity contribution in [3.05, 3.63) is 51.0 Å². The van der Waals surface area contributed by atoms with E-state index in [1.807, 2.05) is 45.0 Å². The lowest BCUT2D eigenvalue weighted by Crippen LogP contribution is -2.38. The van der Waals surface area contributed by atoms with Crippen LogP contribution in [-0.4, -0.2) is 55.0 Å². The molecule has 0 saturated carbocycles. The summed E-state index contributed by atoms with van der Waals surface area (Å²) in [6.07, 6.45) is 0. The number of carbonyl (C=O) groups excluding carboxylic acids is 2. The zero-order chi connectivity index (χ0) is 23.0. The molecule has 0 aliphatic rings. The molecule has 0 radical (unpaired) electrons. The van der Waals surface area contributed by atoms with Gasteiger partial charge in [0.2, 0.25) is 0 Å². The molecular weight excluding hydrogens is 541 g/mol. The van der Waals surface area contributed by atoms with E-state index < -0.39 is 0 Å². The van der Waals surface area contributed by atoms with Gasteiger partial charge in [0, 0.05) is 26.2 Å².